The van der Waals surface area contributed by atoms with Gasteiger partial charge in [0, 0.05) is 24.1 Å². The van der Waals surface area contributed by atoms with Crippen molar-refractivity contribution in [3.8, 4) is 0 Å². The fourth-order valence-electron chi connectivity index (χ4n) is 2.31. The Kier molecular flexibility index (Phi) is 5.50. The monoisotopic (exact) mass is 377 g/mol. The molecule has 0 aliphatic heterocycles. The molecule has 0 unspecified atom stereocenters. The maximum Gasteiger partial charge on any atom is 0.268 e. The van der Waals surface area contributed by atoms with Gasteiger partial charge in [-0.3, -0.25) is 9.59 Å². The minimum Gasteiger partial charge on any atom is -0.338 e. The summed E-state index contributed by atoms with van der Waals surface area (Å²) < 4.78 is 14.1. The molecule has 3 rings (SSSR count). The number of benzene rings is 1. The van der Waals surface area contributed by atoms with Gasteiger partial charge >= 0.3 is 0 Å². The van der Waals surface area contributed by atoms with Crippen LogP contribution in [0, 0.1) is 5.82 Å². The standard InChI is InChI=1S/C17H16FN3O2S2/c1-21(10-14-19-12-6-8-25-16(12)17(23)20-14)15(22)7-9-24-13-5-3-2-4-11(13)18/h2-6,8H,7,9-10H2,1H3,(H,19,20,23). The Labute approximate surface area is 151 Å². The van der Waals surface area contributed by atoms with Crippen LogP contribution >= 0.6 is 23.1 Å². The van der Waals surface area contributed by atoms with Crippen LogP contribution in [0.3, 0.4) is 0 Å². The summed E-state index contributed by atoms with van der Waals surface area (Å²) >= 11 is 2.65. The first-order valence-corrected chi connectivity index (χ1v) is 9.49. The molecule has 5 nitrogen and oxygen atoms in total. The second-order valence-electron chi connectivity index (χ2n) is 5.43. The molecule has 1 N–H and O–H groups in total. The van der Waals surface area contributed by atoms with Gasteiger partial charge < -0.3 is 9.88 Å². The fraction of sp³-hybridized carbons (Fsp3) is 0.235. The lowest BCUT2D eigenvalue weighted by atomic mass is 10.3. The topological polar surface area (TPSA) is 66.1 Å². The van der Waals surface area contributed by atoms with Crippen molar-refractivity contribution in [3.05, 3.63) is 57.7 Å². The van der Waals surface area contributed by atoms with Crippen LogP contribution in [0.5, 0.6) is 0 Å². The smallest absolute Gasteiger partial charge is 0.268 e. The molecule has 0 fully saturated rings. The number of aromatic amines is 1. The SMILES string of the molecule is CN(Cc1nc2ccsc2c(=O)[nH]1)C(=O)CCSc1ccccc1F. The highest BCUT2D eigenvalue weighted by atomic mass is 32.2. The number of nitrogens with zero attached hydrogens (tertiary/aromatic N) is 2. The van der Waals surface area contributed by atoms with E-state index in [4.69, 9.17) is 0 Å². The number of carbonyl (C=O) groups excluding carboxylic acids is 1. The number of H-pyrrole nitrogens is 1. The Morgan fingerprint density at radius 3 is 2.96 bits per heavy atom. The third-order valence-corrected chi connectivity index (χ3v) is 5.54. The number of hydrogen-bond donors (Lipinski definition) is 1. The van der Waals surface area contributed by atoms with Gasteiger partial charge in [-0.2, -0.15) is 0 Å². The van der Waals surface area contributed by atoms with Gasteiger partial charge in [-0.1, -0.05) is 12.1 Å². The largest absolute Gasteiger partial charge is 0.338 e. The predicted molar refractivity (Wildman–Crippen MR) is 98.5 cm³/mol. The Bertz CT molecular complexity index is 954. The number of hydrogen-bond acceptors (Lipinski definition) is 5. The van der Waals surface area contributed by atoms with Crippen molar-refractivity contribution >= 4 is 39.2 Å². The van der Waals surface area contributed by atoms with Crippen molar-refractivity contribution in [1.82, 2.24) is 14.9 Å². The zero-order valence-corrected chi connectivity index (χ0v) is 15.1. The first kappa shape index (κ1) is 17.6. The maximum atomic E-state index is 13.5. The maximum absolute atomic E-state index is 13.5. The van der Waals surface area contributed by atoms with Crippen LogP contribution in [0.15, 0.2) is 45.4 Å². The van der Waals surface area contributed by atoms with Crippen LogP contribution in [0.2, 0.25) is 0 Å². The van der Waals surface area contributed by atoms with Crippen molar-refractivity contribution in [2.45, 2.75) is 17.9 Å². The Balaban J connectivity index is 1.56. The minimum atomic E-state index is -0.279. The second kappa shape index (κ2) is 7.79. The summed E-state index contributed by atoms with van der Waals surface area (Å²) in [6.45, 7) is 0.226. The van der Waals surface area contributed by atoms with E-state index in [-0.39, 0.29) is 30.2 Å². The molecule has 2 aromatic heterocycles. The van der Waals surface area contributed by atoms with Crippen LogP contribution in [-0.4, -0.2) is 33.6 Å². The molecule has 0 aliphatic carbocycles. The summed E-state index contributed by atoms with van der Waals surface area (Å²) in [4.78, 5) is 33.3. The van der Waals surface area contributed by atoms with E-state index in [0.717, 1.165) is 0 Å². The zero-order valence-electron chi connectivity index (χ0n) is 13.5. The van der Waals surface area contributed by atoms with E-state index in [2.05, 4.69) is 9.97 Å². The van der Waals surface area contributed by atoms with E-state index in [1.807, 2.05) is 5.38 Å². The molecule has 3 aromatic rings. The summed E-state index contributed by atoms with van der Waals surface area (Å²) in [7, 11) is 1.66. The quantitative estimate of drug-likeness (QED) is 0.670. The lowest BCUT2D eigenvalue weighted by Gasteiger charge is -2.16. The number of halogens is 1. The summed E-state index contributed by atoms with van der Waals surface area (Å²) in [6.07, 6.45) is 0.278. The number of thiophene rings is 1. The normalized spacial score (nSPS) is 11.0. The predicted octanol–water partition coefficient (Wildman–Crippen LogP) is 3.26. The number of nitrogens with one attached hydrogen (secondary N) is 1. The third-order valence-electron chi connectivity index (χ3n) is 3.59. The number of fused-ring (bicyclic) bond motifs is 1. The summed E-state index contributed by atoms with van der Waals surface area (Å²) in [5.41, 5.74) is 0.450. The van der Waals surface area contributed by atoms with Gasteiger partial charge in [-0.25, -0.2) is 9.37 Å². The molecular weight excluding hydrogens is 361 g/mol. The van der Waals surface area contributed by atoms with Gasteiger partial charge in [-0.05, 0) is 23.6 Å². The fourth-order valence-corrected chi connectivity index (χ4v) is 3.91. The lowest BCUT2D eigenvalue weighted by Crippen LogP contribution is -2.28. The van der Waals surface area contributed by atoms with Crippen molar-refractivity contribution in [2.75, 3.05) is 12.8 Å². The zero-order chi connectivity index (χ0) is 17.8. The lowest BCUT2D eigenvalue weighted by molar-refractivity contribution is -0.130. The average Bonchev–Trinajstić information content (AvgIpc) is 3.05. The van der Waals surface area contributed by atoms with Crippen LogP contribution in [0.1, 0.15) is 12.2 Å². The minimum absolute atomic E-state index is 0.0862. The van der Waals surface area contributed by atoms with Crippen LogP contribution in [0.4, 0.5) is 4.39 Å². The number of thioether (sulfide) groups is 1. The summed E-state index contributed by atoms with van der Waals surface area (Å²) in [5.74, 6) is 0.571. The van der Waals surface area contributed by atoms with E-state index < -0.39 is 0 Å². The molecule has 0 spiro atoms. The van der Waals surface area contributed by atoms with E-state index in [0.29, 0.717) is 26.7 Å². The van der Waals surface area contributed by atoms with Gasteiger partial charge in [0.05, 0.1) is 12.1 Å². The number of rotatable bonds is 6. The molecule has 0 saturated carbocycles. The van der Waals surface area contributed by atoms with E-state index in [1.165, 1.54) is 34.1 Å². The average molecular weight is 377 g/mol. The van der Waals surface area contributed by atoms with E-state index in [1.54, 1.807) is 31.3 Å². The molecular formula is C17H16FN3O2S2. The van der Waals surface area contributed by atoms with Crippen LogP contribution in [0.25, 0.3) is 10.2 Å². The molecule has 0 bridgehead atoms. The van der Waals surface area contributed by atoms with E-state index in [9.17, 15) is 14.0 Å². The van der Waals surface area contributed by atoms with Gasteiger partial charge in [0.15, 0.2) is 0 Å². The third kappa shape index (κ3) is 4.26. The van der Waals surface area contributed by atoms with Crippen molar-refractivity contribution < 1.29 is 9.18 Å². The van der Waals surface area contributed by atoms with Gasteiger partial charge in [0.25, 0.3) is 5.56 Å². The molecule has 2 heterocycles. The molecule has 130 valence electrons. The van der Waals surface area contributed by atoms with Crippen molar-refractivity contribution in [2.24, 2.45) is 0 Å². The first-order valence-electron chi connectivity index (χ1n) is 7.62. The van der Waals surface area contributed by atoms with Gasteiger partial charge in [0.1, 0.15) is 16.3 Å². The van der Waals surface area contributed by atoms with E-state index >= 15 is 0 Å². The highest BCUT2D eigenvalue weighted by molar-refractivity contribution is 7.99. The summed E-state index contributed by atoms with van der Waals surface area (Å²) in [5, 5.41) is 1.81. The second-order valence-corrected chi connectivity index (χ2v) is 7.48. The van der Waals surface area contributed by atoms with Crippen molar-refractivity contribution in [3.63, 3.8) is 0 Å². The van der Waals surface area contributed by atoms with Crippen LogP contribution in [-0.2, 0) is 11.3 Å². The highest BCUT2D eigenvalue weighted by Gasteiger charge is 2.13. The number of carbonyl (C=O) groups is 1. The Morgan fingerprint density at radius 1 is 1.36 bits per heavy atom. The van der Waals surface area contributed by atoms with Crippen molar-refractivity contribution in [1.29, 1.82) is 0 Å². The Hall–Kier alpha value is -2.19. The molecule has 0 radical (unpaired) electrons. The molecule has 25 heavy (non-hydrogen) atoms. The molecule has 1 amide bonds. The molecule has 8 heteroatoms. The van der Waals surface area contributed by atoms with Gasteiger partial charge in [-0.15, -0.1) is 23.1 Å². The number of amides is 1. The molecule has 1 aromatic carbocycles. The number of aromatic nitrogens is 2. The Morgan fingerprint density at radius 2 is 2.16 bits per heavy atom. The highest BCUT2D eigenvalue weighted by Crippen LogP contribution is 2.22. The summed E-state index contributed by atoms with van der Waals surface area (Å²) in [6, 6.07) is 8.28. The molecule has 0 atom stereocenters. The molecule has 0 aliphatic rings. The molecule has 0 saturated heterocycles. The van der Waals surface area contributed by atoms with Gasteiger partial charge in [0.2, 0.25) is 5.91 Å². The first-order chi connectivity index (χ1) is 12.0. The van der Waals surface area contributed by atoms with Crippen LogP contribution < -0.4 is 5.56 Å².